The molecule has 1 aliphatic heterocycles. The maximum absolute atomic E-state index is 13.1. The van der Waals surface area contributed by atoms with Gasteiger partial charge in [-0.1, -0.05) is 42.5 Å². The summed E-state index contributed by atoms with van der Waals surface area (Å²) in [5.74, 6) is 0.276. The molecule has 3 N–H and O–H groups in total. The number of aliphatic hydroxyl groups excluding tert-OH is 1. The molecule has 1 aliphatic carbocycles. The minimum absolute atomic E-state index is 0.0613. The summed E-state index contributed by atoms with van der Waals surface area (Å²) < 4.78 is 11.9. The Balaban J connectivity index is 1.24. The summed E-state index contributed by atoms with van der Waals surface area (Å²) >= 11 is 0. The number of fused-ring (bicyclic) bond motifs is 3. The lowest BCUT2D eigenvalue weighted by Crippen LogP contribution is -2.35. The van der Waals surface area contributed by atoms with Gasteiger partial charge in [-0.25, -0.2) is 4.98 Å². The number of nitrogens with zero attached hydrogens (tertiary/aromatic N) is 2. The molecule has 208 valence electrons. The Morgan fingerprint density at radius 3 is 2.75 bits per heavy atom. The fourth-order valence-corrected chi connectivity index (χ4v) is 5.03. The van der Waals surface area contributed by atoms with Crippen LogP contribution in [0.1, 0.15) is 41.9 Å². The molecule has 5 rings (SSSR count). The zero-order valence-corrected chi connectivity index (χ0v) is 22.0. The molecule has 10 heteroatoms. The van der Waals surface area contributed by atoms with Gasteiger partial charge in [0.25, 0.3) is 11.6 Å². The van der Waals surface area contributed by atoms with Crippen LogP contribution < -0.4 is 10.6 Å². The van der Waals surface area contributed by atoms with Crippen molar-refractivity contribution < 1.29 is 24.3 Å². The monoisotopic (exact) mass is 544 g/mol. The van der Waals surface area contributed by atoms with Crippen molar-refractivity contribution in [2.24, 2.45) is 0 Å². The number of unbranched alkanes of at least 4 members (excludes halogenated alkanes) is 1. The largest absolute Gasteiger partial charge is 0.459 e. The number of nitrogens with one attached hydrogen (secondary N) is 2. The maximum Gasteiger partial charge on any atom is 0.287 e. The Morgan fingerprint density at radius 1 is 1.10 bits per heavy atom. The minimum Gasteiger partial charge on any atom is -0.459 e. The second-order valence-electron chi connectivity index (χ2n) is 9.81. The standard InChI is InChI=1S/C30H32N4O6/c35-13-3-4-14-39-29-18-22(20-7-9-26-23(15-20)16-21-5-1-2-6-25(21)26)17-27(40-29)30(36)32-12-11-31-28-10-8-24(19-33-28)34(37)38/h1-2,5-10,15,17,19,22,29,35H,3-4,11-14,16,18H2,(H,31,33)(H,32,36)/t22-,29+/m1/s1. The summed E-state index contributed by atoms with van der Waals surface area (Å²) in [6.07, 6.45) is 5.26. The third-order valence-corrected chi connectivity index (χ3v) is 7.06. The average Bonchev–Trinajstić information content (AvgIpc) is 3.35. The van der Waals surface area contributed by atoms with Crippen LogP contribution in [-0.2, 0) is 20.7 Å². The molecule has 0 radical (unpaired) electrons. The predicted molar refractivity (Wildman–Crippen MR) is 150 cm³/mol. The number of ether oxygens (including phenoxy) is 2. The van der Waals surface area contributed by atoms with Gasteiger partial charge < -0.3 is 25.2 Å². The Bertz CT molecular complexity index is 1390. The van der Waals surface area contributed by atoms with Gasteiger partial charge in [-0.15, -0.1) is 0 Å². The number of hydrogen-bond donors (Lipinski definition) is 3. The Morgan fingerprint density at radius 2 is 1.95 bits per heavy atom. The van der Waals surface area contributed by atoms with Crippen molar-refractivity contribution in [3.05, 3.63) is 99.4 Å². The summed E-state index contributed by atoms with van der Waals surface area (Å²) in [7, 11) is 0. The lowest BCUT2D eigenvalue weighted by atomic mass is 9.90. The van der Waals surface area contributed by atoms with E-state index in [-0.39, 0.29) is 29.9 Å². The number of rotatable bonds is 12. The van der Waals surface area contributed by atoms with E-state index in [0.717, 1.165) is 12.0 Å². The number of amides is 1. The van der Waals surface area contributed by atoms with E-state index in [4.69, 9.17) is 14.6 Å². The van der Waals surface area contributed by atoms with Crippen molar-refractivity contribution >= 4 is 17.4 Å². The van der Waals surface area contributed by atoms with E-state index in [1.807, 2.05) is 6.08 Å². The Hall–Kier alpha value is -4.28. The first-order valence-electron chi connectivity index (χ1n) is 13.5. The van der Waals surface area contributed by atoms with Gasteiger partial charge in [0.05, 0.1) is 11.5 Å². The SMILES string of the molecule is O=C(NCCNc1ccc([N+](=O)[O-])cn1)C1=C[C@@H](c2ccc3c(c2)Cc2ccccc2-3)C[C@@H](OCCCCO)O1. The van der Waals surface area contributed by atoms with E-state index in [2.05, 4.69) is 58.1 Å². The fourth-order valence-electron chi connectivity index (χ4n) is 5.03. The number of pyridine rings is 1. The summed E-state index contributed by atoms with van der Waals surface area (Å²) in [4.78, 5) is 27.3. The Kier molecular flexibility index (Phi) is 8.68. The van der Waals surface area contributed by atoms with Crippen LogP contribution in [0, 0.1) is 10.1 Å². The highest BCUT2D eigenvalue weighted by Crippen LogP contribution is 2.39. The van der Waals surface area contributed by atoms with Crippen LogP contribution in [0.5, 0.6) is 0 Å². The number of nitro groups is 1. The highest BCUT2D eigenvalue weighted by atomic mass is 16.7. The van der Waals surface area contributed by atoms with E-state index >= 15 is 0 Å². The van der Waals surface area contributed by atoms with Crippen molar-refractivity contribution in [2.45, 2.75) is 37.9 Å². The molecule has 0 saturated carbocycles. The quantitative estimate of drug-likeness (QED) is 0.137. The summed E-state index contributed by atoms with van der Waals surface area (Å²) in [5.41, 5.74) is 6.14. The van der Waals surface area contributed by atoms with Gasteiger partial charge in [-0.2, -0.15) is 0 Å². The van der Waals surface area contributed by atoms with Crippen LogP contribution in [-0.4, -0.2) is 53.5 Å². The van der Waals surface area contributed by atoms with Crippen LogP contribution in [0.2, 0.25) is 0 Å². The molecule has 1 amide bonds. The molecular weight excluding hydrogens is 512 g/mol. The first-order valence-corrected chi connectivity index (χ1v) is 13.5. The second kappa shape index (κ2) is 12.7. The number of aromatic nitrogens is 1. The number of benzene rings is 2. The number of aliphatic hydroxyl groups is 1. The van der Waals surface area contributed by atoms with E-state index in [0.29, 0.717) is 44.8 Å². The average molecular weight is 545 g/mol. The maximum atomic E-state index is 13.1. The van der Waals surface area contributed by atoms with Gasteiger partial charge in [0.2, 0.25) is 6.29 Å². The summed E-state index contributed by atoms with van der Waals surface area (Å²) in [5, 5.41) is 25.7. The molecular formula is C30H32N4O6. The molecule has 0 fully saturated rings. The van der Waals surface area contributed by atoms with Crippen LogP contribution in [0.4, 0.5) is 11.5 Å². The highest BCUT2D eigenvalue weighted by molar-refractivity contribution is 5.91. The topological polar surface area (TPSA) is 136 Å². The normalized spacial score (nSPS) is 17.3. The minimum atomic E-state index is -0.581. The molecule has 40 heavy (non-hydrogen) atoms. The molecule has 0 unspecified atom stereocenters. The zero-order chi connectivity index (χ0) is 27.9. The zero-order valence-electron chi connectivity index (χ0n) is 22.0. The molecule has 2 aliphatic rings. The fraction of sp³-hybridized carbons (Fsp3) is 0.333. The Labute approximate surface area is 232 Å². The number of carbonyl (C=O) groups excluding carboxylic acids is 1. The molecule has 3 aromatic rings. The molecule has 2 atom stereocenters. The number of carbonyl (C=O) groups is 1. The van der Waals surface area contributed by atoms with E-state index in [9.17, 15) is 14.9 Å². The first-order chi connectivity index (χ1) is 19.5. The van der Waals surface area contributed by atoms with Crippen molar-refractivity contribution in [3.63, 3.8) is 0 Å². The van der Waals surface area contributed by atoms with Crippen LogP contribution in [0.15, 0.2) is 72.6 Å². The van der Waals surface area contributed by atoms with E-state index in [1.165, 1.54) is 40.6 Å². The molecule has 1 aromatic heterocycles. The van der Waals surface area contributed by atoms with Gasteiger partial charge >= 0.3 is 0 Å². The van der Waals surface area contributed by atoms with E-state index < -0.39 is 11.2 Å². The number of hydrogen-bond acceptors (Lipinski definition) is 8. The highest BCUT2D eigenvalue weighted by Gasteiger charge is 2.29. The first kappa shape index (κ1) is 27.3. The van der Waals surface area contributed by atoms with Gasteiger partial charge in [-0.3, -0.25) is 14.9 Å². The number of allylic oxidation sites excluding steroid dienone is 1. The molecule has 2 heterocycles. The van der Waals surface area contributed by atoms with Crippen molar-refractivity contribution in [1.29, 1.82) is 0 Å². The lowest BCUT2D eigenvalue weighted by molar-refractivity contribution is -0.385. The third kappa shape index (κ3) is 6.47. The van der Waals surface area contributed by atoms with E-state index in [1.54, 1.807) is 0 Å². The molecule has 0 saturated heterocycles. The van der Waals surface area contributed by atoms with Gasteiger partial charge in [0, 0.05) is 38.1 Å². The lowest BCUT2D eigenvalue weighted by Gasteiger charge is -2.29. The molecule has 2 aromatic carbocycles. The molecule has 10 nitrogen and oxygen atoms in total. The van der Waals surface area contributed by atoms with Gasteiger partial charge in [-0.05, 0) is 59.2 Å². The van der Waals surface area contributed by atoms with Crippen LogP contribution in [0.25, 0.3) is 11.1 Å². The summed E-state index contributed by atoms with van der Waals surface area (Å²) in [6.45, 7) is 1.20. The second-order valence-corrected chi connectivity index (χ2v) is 9.81. The van der Waals surface area contributed by atoms with Crippen molar-refractivity contribution in [2.75, 3.05) is 31.6 Å². The van der Waals surface area contributed by atoms with Gasteiger partial charge in [0.15, 0.2) is 5.76 Å². The molecule has 0 spiro atoms. The van der Waals surface area contributed by atoms with Gasteiger partial charge in [0.1, 0.15) is 12.0 Å². The summed E-state index contributed by atoms with van der Waals surface area (Å²) in [6, 6.07) is 17.8. The van der Waals surface area contributed by atoms with Crippen molar-refractivity contribution in [1.82, 2.24) is 10.3 Å². The van der Waals surface area contributed by atoms with Crippen LogP contribution >= 0.6 is 0 Å². The smallest absolute Gasteiger partial charge is 0.287 e. The number of anilines is 1. The van der Waals surface area contributed by atoms with Crippen LogP contribution in [0.3, 0.4) is 0 Å². The van der Waals surface area contributed by atoms with Crippen molar-refractivity contribution in [3.8, 4) is 11.1 Å². The molecule has 0 bridgehead atoms. The predicted octanol–water partition coefficient (Wildman–Crippen LogP) is 4.29. The third-order valence-electron chi connectivity index (χ3n) is 7.06.